The zero-order chi connectivity index (χ0) is 27.1. The highest BCUT2D eigenvalue weighted by atomic mass is 32.2. The maximum absolute atomic E-state index is 14.1. The van der Waals surface area contributed by atoms with E-state index in [1.165, 1.54) is 24.5 Å². The van der Waals surface area contributed by atoms with Gasteiger partial charge in [0.25, 0.3) is 10.0 Å². The van der Waals surface area contributed by atoms with Gasteiger partial charge in [-0.3, -0.25) is 14.7 Å². The number of anilines is 1. The maximum Gasteiger partial charge on any atom is 0.264 e. The maximum atomic E-state index is 14.1. The van der Waals surface area contributed by atoms with E-state index in [2.05, 4.69) is 14.7 Å². The Balaban J connectivity index is 1.54. The van der Waals surface area contributed by atoms with Gasteiger partial charge in [-0.05, 0) is 65.2 Å². The van der Waals surface area contributed by atoms with Crippen molar-refractivity contribution in [1.82, 2.24) is 9.97 Å². The van der Waals surface area contributed by atoms with Crippen molar-refractivity contribution in [1.29, 1.82) is 0 Å². The molecule has 192 valence electrons. The fourth-order valence-electron chi connectivity index (χ4n) is 4.03. The number of hydrogen-bond acceptors (Lipinski definition) is 6. The smallest absolute Gasteiger partial charge is 0.264 e. The van der Waals surface area contributed by atoms with Crippen LogP contribution < -0.4 is 4.72 Å². The predicted molar refractivity (Wildman–Crippen MR) is 141 cm³/mol. The third-order valence-corrected chi connectivity index (χ3v) is 8.35. The number of nitrogens with one attached hydrogen (secondary N) is 1. The summed E-state index contributed by atoms with van der Waals surface area (Å²) in [4.78, 5) is 8.01. The molecular formula is C27H19F2N3O4S2. The van der Waals surface area contributed by atoms with Crippen molar-refractivity contribution in [2.75, 3.05) is 11.0 Å². The summed E-state index contributed by atoms with van der Waals surface area (Å²) in [6.45, 7) is 0. The Morgan fingerprint density at radius 1 is 0.789 bits per heavy atom. The van der Waals surface area contributed by atoms with E-state index in [0.29, 0.717) is 28.3 Å². The largest absolute Gasteiger partial charge is 0.278 e. The van der Waals surface area contributed by atoms with Crippen LogP contribution in [0.3, 0.4) is 0 Å². The van der Waals surface area contributed by atoms with E-state index in [1.54, 1.807) is 36.5 Å². The number of nitrogens with zero attached hydrogens (tertiary/aromatic N) is 2. The van der Waals surface area contributed by atoms with Crippen LogP contribution in [0.15, 0.2) is 101 Å². The minimum Gasteiger partial charge on any atom is -0.278 e. The van der Waals surface area contributed by atoms with Gasteiger partial charge in [-0.15, -0.1) is 0 Å². The Kier molecular flexibility index (Phi) is 6.41. The van der Waals surface area contributed by atoms with E-state index in [1.807, 2.05) is 12.1 Å². The number of aromatic nitrogens is 2. The molecule has 0 aliphatic carbocycles. The molecule has 0 spiro atoms. The number of sulfonamides is 1. The van der Waals surface area contributed by atoms with E-state index in [9.17, 15) is 25.6 Å². The lowest BCUT2D eigenvalue weighted by atomic mass is 9.98. The van der Waals surface area contributed by atoms with E-state index in [-0.39, 0.29) is 10.6 Å². The monoisotopic (exact) mass is 551 g/mol. The van der Waals surface area contributed by atoms with Crippen LogP contribution in [0.25, 0.3) is 33.2 Å². The summed E-state index contributed by atoms with van der Waals surface area (Å²) in [5.41, 5.74) is 3.46. The molecule has 0 radical (unpaired) electrons. The first kappa shape index (κ1) is 25.4. The van der Waals surface area contributed by atoms with Crippen molar-refractivity contribution >= 4 is 36.5 Å². The molecule has 2 aromatic heterocycles. The molecule has 0 amide bonds. The van der Waals surface area contributed by atoms with Gasteiger partial charge in [0, 0.05) is 35.7 Å². The second-order valence-electron chi connectivity index (χ2n) is 8.53. The van der Waals surface area contributed by atoms with Crippen molar-refractivity contribution in [2.24, 2.45) is 0 Å². The van der Waals surface area contributed by atoms with Crippen molar-refractivity contribution in [3.8, 4) is 22.3 Å². The molecule has 0 aliphatic heterocycles. The molecule has 11 heteroatoms. The lowest BCUT2D eigenvalue weighted by molar-refractivity contribution is 0.551. The molecule has 0 aliphatic rings. The summed E-state index contributed by atoms with van der Waals surface area (Å²) in [6.07, 6.45) is 5.59. The van der Waals surface area contributed by atoms with Crippen LogP contribution >= 0.6 is 0 Å². The molecule has 38 heavy (non-hydrogen) atoms. The lowest BCUT2D eigenvalue weighted by Gasteiger charge is -2.12. The molecule has 0 fully saturated rings. The minimum atomic E-state index is -4.34. The first-order valence-corrected chi connectivity index (χ1v) is 14.5. The Morgan fingerprint density at radius 3 is 2.37 bits per heavy atom. The summed E-state index contributed by atoms with van der Waals surface area (Å²) in [6, 6.07) is 17.6. The van der Waals surface area contributed by atoms with Crippen LogP contribution in [0, 0.1) is 11.6 Å². The number of halogens is 2. The van der Waals surface area contributed by atoms with Gasteiger partial charge in [0.05, 0.1) is 22.3 Å². The Bertz CT molecular complexity index is 1930. The third kappa shape index (κ3) is 5.11. The highest BCUT2D eigenvalue weighted by Gasteiger charge is 2.20. The van der Waals surface area contributed by atoms with E-state index >= 15 is 0 Å². The SMILES string of the molecule is CS(=O)(=O)c1cccc(-c2ccnc3ccc(-c4cncc(NS(=O)(=O)c5ccc(F)cc5F)c4)cc23)c1. The van der Waals surface area contributed by atoms with Gasteiger partial charge in [-0.25, -0.2) is 25.6 Å². The number of benzene rings is 3. The minimum absolute atomic E-state index is 0.0820. The Morgan fingerprint density at radius 2 is 1.61 bits per heavy atom. The van der Waals surface area contributed by atoms with Crippen LogP contribution in [0.2, 0.25) is 0 Å². The van der Waals surface area contributed by atoms with Gasteiger partial charge in [-0.2, -0.15) is 0 Å². The second kappa shape index (κ2) is 9.58. The summed E-state index contributed by atoms with van der Waals surface area (Å²) in [7, 11) is -7.75. The molecule has 0 atom stereocenters. The highest BCUT2D eigenvalue weighted by Crippen LogP contribution is 2.33. The van der Waals surface area contributed by atoms with Gasteiger partial charge in [0.1, 0.15) is 16.5 Å². The van der Waals surface area contributed by atoms with E-state index < -0.39 is 36.4 Å². The molecule has 0 saturated heterocycles. The first-order valence-electron chi connectivity index (χ1n) is 11.1. The van der Waals surface area contributed by atoms with Crippen LogP contribution in [0.1, 0.15) is 0 Å². The van der Waals surface area contributed by atoms with Gasteiger partial charge in [-0.1, -0.05) is 18.2 Å². The van der Waals surface area contributed by atoms with Crippen molar-refractivity contribution in [2.45, 2.75) is 9.79 Å². The van der Waals surface area contributed by atoms with Crippen molar-refractivity contribution in [3.05, 3.63) is 103 Å². The third-order valence-electron chi connectivity index (χ3n) is 5.82. The molecule has 0 unspecified atom stereocenters. The number of hydrogen-bond donors (Lipinski definition) is 1. The van der Waals surface area contributed by atoms with Gasteiger partial charge < -0.3 is 0 Å². The van der Waals surface area contributed by atoms with Crippen LogP contribution in [0.4, 0.5) is 14.5 Å². The first-order chi connectivity index (χ1) is 18.0. The molecule has 5 rings (SSSR count). The molecule has 7 nitrogen and oxygen atoms in total. The number of rotatable bonds is 6. The average Bonchev–Trinajstić information content (AvgIpc) is 2.87. The Labute approximate surface area is 217 Å². The van der Waals surface area contributed by atoms with Crippen LogP contribution in [-0.4, -0.2) is 33.1 Å². The quantitative estimate of drug-likeness (QED) is 0.301. The van der Waals surface area contributed by atoms with Crippen molar-refractivity contribution in [3.63, 3.8) is 0 Å². The zero-order valence-corrected chi connectivity index (χ0v) is 21.4. The fourth-order valence-corrected chi connectivity index (χ4v) is 5.79. The topological polar surface area (TPSA) is 106 Å². The lowest BCUT2D eigenvalue weighted by Crippen LogP contribution is -2.15. The van der Waals surface area contributed by atoms with Crippen LogP contribution in [-0.2, 0) is 19.9 Å². The van der Waals surface area contributed by atoms with Crippen molar-refractivity contribution < 1.29 is 25.6 Å². The van der Waals surface area contributed by atoms with Gasteiger partial charge in [0.2, 0.25) is 0 Å². The molecule has 1 N–H and O–H groups in total. The Hall–Kier alpha value is -4.22. The molecule has 3 aromatic carbocycles. The molecule has 2 heterocycles. The second-order valence-corrected chi connectivity index (χ2v) is 12.2. The molecular weight excluding hydrogens is 532 g/mol. The molecule has 0 saturated carbocycles. The number of pyridine rings is 2. The standard InChI is InChI=1S/C27H19F2N3O4S2/c1-37(33,34)22-4-2-3-18(12-22)23-9-10-31-26-7-5-17(13-24(23)26)19-11-21(16-30-15-19)32-38(35,36)27-8-6-20(28)14-25(27)29/h2-16,32H,1H3. The van der Waals surface area contributed by atoms with Crippen LogP contribution in [0.5, 0.6) is 0 Å². The summed E-state index contributed by atoms with van der Waals surface area (Å²) >= 11 is 0. The number of sulfone groups is 1. The van der Waals surface area contributed by atoms with Gasteiger partial charge >= 0.3 is 0 Å². The zero-order valence-electron chi connectivity index (χ0n) is 19.8. The predicted octanol–water partition coefficient (Wildman–Crippen LogP) is 5.45. The molecule has 0 bridgehead atoms. The molecule has 5 aromatic rings. The normalized spacial score (nSPS) is 12.0. The van der Waals surface area contributed by atoms with Gasteiger partial charge in [0.15, 0.2) is 9.84 Å². The summed E-state index contributed by atoms with van der Waals surface area (Å²) in [5, 5.41) is 0.745. The fraction of sp³-hybridized carbons (Fsp3) is 0.0370. The average molecular weight is 552 g/mol. The number of fused-ring (bicyclic) bond motifs is 1. The highest BCUT2D eigenvalue weighted by molar-refractivity contribution is 7.92. The van der Waals surface area contributed by atoms with E-state index in [4.69, 9.17) is 0 Å². The van der Waals surface area contributed by atoms with E-state index in [0.717, 1.165) is 29.3 Å². The summed E-state index contributed by atoms with van der Waals surface area (Å²) in [5.74, 6) is -2.10. The summed E-state index contributed by atoms with van der Waals surface area (Å²) < 4.78 is 79.1.